The van der Waals surface area contributed by atoms with Crippen LogP contribution < -0.4 is 10.0 Å². The quantitative estimate of drug-likeness (QED) is 0.768. The van der Waals surface area contributed by atoms with Crippen LogP contribution in [-0.2, 0) is 10.0 Å². The molecule has 5 heteroatoms. The molecule has 4 nitrogen and oxygen atoms in total. The monoisotopic (exact) mass is 274 g/mol. The van der Waals surface area contributed by atoms with Gasteiger partial charge in [0.25, 0.3) is 0 Å². The summed E-state index contributed by atoms with van der Waals surface area (Å²) in [7, 11) is -3.13. The van der Waals surface area contributed by atoms with Crippen LogP contribution in [0, 0.1) is 17.8 Å². The molecule has 0 heterocycles. The van der Waals surface area contributed by atoms with Crippen molar-refractivity contribution in [2.45, 2.75) is 45.1 Å². The van der Waals surface area contributed by atoms with Crippen molar-refractivity contribution in [3.05, 3.63) is 0 Å². The Hall–Kier alpha value is -0.130. The molecule has 0 aromatic carbocycles. The molecule has 2 aliphatic rings. The van der Waals surface area contributed by atoms with Crippen molar-refractivity contribution in [1.82, 2.24) is 10.0 Å². The van der Waals surface area contributed by atoms with Crippen molar-refractivity contribution in [2.24, 2.45) is 17.8 Å². The summed E-state index contributed by atoms with van der Waals surface area (Å²) >= 11 is 0. The van der Waals surface area contributed by atoms with Crippen LogP contribution >= 0.6 is 0 Å². The second-order valence-corrected chi connectivity index (χ2v) is 8.57. The maximum absolute atomic E-state index is 11.2. The van der Waals surface area contributed by atoms with Crippen LogP contribution in [-0.4, -0.2) is 33.3 Å². The summed E-state index contributed by atoms with van der Waals surface area (Å²) in [6, 6.07) is 0. The molecule has 3 atom stereocenters. The Bertz CT molecular complexity index is 392. The van der Waals surface area contributed by atoms with Crippen molar-refractivity contribution < 1.29 is 8.42 Å². The van der Waals surface area contributed by atoms with Crippen LogP contribution in [0.15, 0.2) is 0 Å². The van der Waals surface area contributed by atoms with Gasteiger partial charge in [0.2, 0.25) is 10.0 Å². The lowest BCUT2D eigenvalue weighted by Gasteiger charge is -2.28. The summed E-state index contributed by atoms with van der Waals surface area (Å²) in [6.07, 6.45) is 6.85. The van der Waals surface area contributed by atoms with Crippen LogP contribution in [0.2, 0.25) is 0 Å². The fraction of sp³-hybridized carbons (Fsp3) is 1.00. The van der Waals surface area contributed by atoms with Gasteiger partial charge in [-0.05, 0) is 57.4 Å². The van der Waals surface area contributed by atoms with Crippen molar-refractivity contribution in [3.63, 3.8) is 0 Å². The number of fused-ring (bicyclic) bond motifs is 2. The zero-order valence-electron chi connectivity index (χ0n) is 11.7. The van der Waals surface area contributed by atoms with Crippen molar-refractivity contribution >= 4 is 10.0 Å². The van der Waals surface area contributed by atoms with Gasteiger partial charge in [0.05, 0.1) is 6.26 Å². The summed E-state index contributed by atoms with van der Waals surface area (Å²) in [5.74, 6) is 2.72. The van der Waals surface area contributed by atoms with E-state index in [0.29, 0.717) is 6.54 Å². The summed E-state index contributed by atoms with van der Waals surface area (Å²) in [5, 5.41) is 3.45. The predicted octanol–water partition coefficient (Wildman–Crippen LogP) is 1.34. The van der Waals surface area contributed by atoms with Crippen molar-refractivity contribution in [3.8, 4) is 0 Å². The first-order chi connectivity index (χ1) is 8.25. The Morgan fingerprint density at radius 1 is 1.22 bits per heavy atom. The van der Waals surface area contributed by atoms with E-state index < -0.39 is 15.6 Å². The van der Waals surface area contributed by atoms with Crippen molar-refractivity contribution in [1.29, 1.82) is 0 Å². The molecule has 0 radical (unpaired) electrons. The molecular weight excluding hydrogens is 248 g/mol. The van der Waals surface area contributed by atoms with Gasteiger partial charge >= 0.3 is 0 Å². The van der Waals surface area contributed by atoms with Gasteiger partial charge in [-0.15, -0.1) is 0 Å². The molecule has 0 amide bonds. The van der Waals surface area contributed by atoms with Gasteiger partial charge in [0, 0.05) is 12.1 Å². The second kappa shape index (κ2) is 5.10. The third-order valence-electron chi connectivity index (χ3n) is 4.32. The van der Waals surface area contributed by atoms with Crippen LogP contribution in [0.4, 0.5) is 0 Å². The molecule has 2 fully saturated rings. The molecule has 0 aromatic rings. The predicted molar refractivity (Wildman–Crippen MR) is 73.9 cm³/mol. The van der Waals surface area contributed by atoms with E-state index in [0.717, 1.165) is 24.3 Å². The highest BCUT2D eigenvalue weighted by atomic mass is 32.2. The first-order valence-electron chi connectivity index (χ1n) is 6.95. The van der Waals surface area contributed by atoms with E-state index in [2.05, 4.69) is 10.0 Å². The number of hydrogen-bond donors (Lipinski definition) is 2. The van der Waals surface area contributed by atoms with Gasteiger partial charge < -0.3 is 5.32 Å². The Morgan fingerprint density at radius 2 is 1.94 bits per heavy atom. The molecular formula is C13H26N2O2S. The fourth-order valence-electron chi connectivity index (χ4n) is 3.73. The summed E-state index contributed by atoms with van der Waals surface area (Å²) in [5.41, 5.74) is -0.412. The first kappa shape index (κ1) is 14.3. The molecule has 0 aromatic heterocycles. The molecule has 3 unspecified atom stereocenters. The Labute approximate surface area is 111 Å². The first-order valence-corrected chi connectivity index (χ1v) is 8.84. The SMILES string of the molecule is CC(C)(CNCC1CC2CCC1C2)NS(C)(=O)=O. The minimum absolute atomic E-state index is 0.412. The maximum Gasteiger partial charge on any atom is 0.209 e. The molecule has 0 saturated heterocycles. The second-order valence-electron chi connectivity index (χ2n) is 6.82. The van der Waals surface area contributed by atoms with E-state index in [4.69, 9.17) is 0 Å². The molecule has 2 N–H and O–H groups in total. The Morgan fingerprint density at radius 3 is 2.44 bits per heavy atom. The van der Waals surface area contributed by atoms with E-state index in [9.17, 15) is 8.42 Å². The molecule has 2 rings (SSSR count). The highest BCUT2D eigenvalue weighted by molar-refractivity contribution is 7.88. The van der Waals surface area contributed by atoms with Crippen LogP contribution in [0.1, 0.15) is 39.5 Å². The van der Waals surface area contributed by atoms with E-state index in [1.807, 2.05) is 13.8 Å². The topological polar surface area (TPSA) is 58.2 Å². The molecule has 2 saturated carbocycles. The molecule has 0 aliphatic heterocycles. The van der Waals surface area contributed by atoms with E-state index in [1.165, 1.54) is 31.9 Å². The number of sulfonamides is 1. The zero-order valence-corrected chi connectivity index (χ0v) is 12.5. The minimum Gasteiger partial charge on any atom is -0.315 e. The average molecular weight is 274 g/mol. The Kier molecular flexibility index (Phi) is 4.04. The molecule has 2 aliphatic carbocycles. The lowest BCUT2D eigenvalue weighted by Crippen LogP contribution is -2.50. The zero-order chi connectivity index (χ0) is 13.4. The van der Waals surface area contributed by atoms with E-state index in [-0.39, 0.29) is 0 Å². The highest BCUT2D eigenvalue weighted by Crippen LogP contribution is 2.47. The average Bonchev–Trinajstić information content (AvgIpc) is 2.74. The fourth-order valence-corrected chi connectivity index (χ4v) is 4.81. The van der Waals surface area contributed by atoms with Crippen LogP contribution in [0.25, 0.3) is 0 Å². The third-order valence-corrected chi connectivity index (χ3v) is 5.24. The number of nitrogens with one attached hydrogen (secondary N) is 2. The maximum atomic E-state index is 11.2. The lowest BCUT2D eigenvalue weighted by atomic mass is 9.89. The minimum atomic E-state index is -3.13. The molecule has 106 valence electrons. The van der Waals surface area contributed by atoms with Crippen LogP contribution in [0.5, 0.6) is 0 Å². The summed E-state index contributed by atoms with van der Waals surface area (Å²) in [4.78, 5) is 0. The molecule has 2 bridgehead atoms. The Balaban J connectivity index is 1.72. The molecule has 0 spiro atoms. The standard InChI is InChI=1S/C13H26N2O2S/c1-13(2,15-18(3,16)17)9-14-8-12-7-10-4-5-11(12)6-10/h10-12,14-15H,4-9H2,1-3H3. The van der Waals surface area contributed by atoms with Crippen molar-refractivity contribution in [2.75, 3.05) is 19.3 Å². The number of hydrogen-bond acceptors (Lipinski definition) is 3. The summed E-state index contributed by atoms with van der Waals surface area (Å²) in [6.45, 7) is 5.56. The van der Waals surface area contributed by atoms with Gasteiger partial charge in [0.1, 0.15) is 0 Å². The van der Waals surface area contributed by atoms with Gasteiger partial charge in [-0.3, -0.25) is 0 Å². The third kappa shape index (κ3) is 3.93. The lowest BCUT2D eigenvalue weighted by molar-refractivity contribution is 0.305. The van der Waals surface area contributed by atoms with Gasteiger partial charge in [-0.25, -0.2) is 13.1 Å². The van der Waals surface area contributed by atoms with E-state index >= 15 is 0 Å². The normalized spacial score (nSPS) is 32.1. The van der Waals surface area contributed by atoms with Gasteiger partial charge in [-0.2, -0.15) is 0 Å². The van der Waals surface area contributed by atoms with Gasteiger partial charge in [-0.1, -0.05) is 6.42 Å². The molecule has 18 heavy (non-hydrogen) atoms. The smallest absolute Gasteiger partial charge is 0.209 e. The van der Waals surface area contributed by atoms with Gasteiger partial charge in [0.15, 0.2) is 0 Å². The highest BCUT2D eigenvalue weighted by Gasteiger charge is 2.39. The summed E-state index contributed by atoms with van der Waals surface area (Å²) < 4.78 is 25.1. The largest absolute Gasteiger partial charge is 0.315 e. The van der Waals surface area contributed by atoms with E-state index in [1.54, 1.807) is 0 Å². The van der Waals surface area contributed by atoms with Crippen LogP contribution in [0.3, 0.4) is 0 Å². The number of rotatable bonds is 6.